The first kappa shape index (κ1) is 10.8. The van der Waals surface area contributed by atoms with Gasteiger partial charge in [-0.3, -0.25) is 5.10 Å². The number of amides is 2. The number of rotatable bonds is 4. The third-order valence-electron chi connectivity index (χ3n) is 3.06. The van der Waals surface area contributed by atoms with Crippen molar-refractivity contribution in [2.45, 2.75) is 23.9 Å². The van der Waals surface area contributed by atoms with Gasteiger partial charge in [0.1, 0.15) is 0 Å². The molecule has 3 atom stereocenters. The van der Waals surface area contributed by atoms with Gasteiger partial charge in [0.05, 0.1) is 17.8 Å². The summed E-state index contributed by atoms with van der Waals surface area (Å²) in [7, 11) is 0. The van der Waals surface area contributed by atoms with E-state index in [1.165, 1.54) is 0 Å². The number of carbonyl (C=O) groups is 1. The fourth-order valence-corrected chi connectivity index (χ4v) is 3.67. The van der Waals surface area contributed by atoms with E-state index in [4.69, 9.17) is 0 Å². The Bertz CT molecular complexity index is 396. The molecule has 0 aromatic carbocycles. The predicted molar refractivity (Wildman–Crippen MR) is 63.6 cm³/mol. The van der Waals surface area contributed by atoms with Gasteiger partial charge >= 0.3 is 6.03 Å². The smallest absolute Gasteiger partial charge is 0.315 e. The zero-order valence-corrected chi connectivity index (χ0v) is 9.96. The molecule has 92 valence electrons. The van der Waals surface area contributed by atoms with Crippen LogP contribution in [0.3, 0.4) is 0 Å². The molecule has 0 saturated carbocycles. The van der Waals surface area contributed by atoms with Crippen LogP contribution in [0.1, 0.15) is 5.69 Å². The number of fused-ring (bicyclic) bond motifs is 1. The highest BCUT2D eigenvalue weighted by Gasteiger charge is 2.42. The maximum Gasteiger partial charge on any atom is 0.315 e. The number of urea groups is 1. The van der Waals surface area contributed by atoms with Crippen molar-refractivity contribution in [1.82, 2.24) is 31.4 Å². The van der Waals surface area contributed by atoms with Gasteiger partial charge in [0, 0.05) is 30.3 Å². The largest absolute Gasteiger partial charge is 0.332 e. The normalized spacial score (nSPS) is 31.1. The van der Waals surface area contributed by atoms with Crippen LogP contribution in [0.15, 0.2) is 6.20 Å². The fraction of sp³-hybridized carbons (Fsp3) is 0.667. The van der Waals surface area contributed by atoms with Crippen LogP contribution in [0, 0.1) is 0 Å². The number of carbonyl (C=O) groups excluding carboxylic acids is 1. The first-order chi connectivity index (χ1) is 8.33. The van der Waals surface area contributed by atoms with Crippen molar-refractivity contribution in [1.29, 1.82) is 0 Å². The number of aromatic nitrogens is 3. The monoisotopic (exact) mass is 254 g/mol. The van der Waals surface area contributed by atoms with Gasteiger partial charge in [0.15, 0.2) is 0 Å². The lowest BCUT2D eigenvalue weighted by Gasteiger charge is -2.16. The second-order valence-electron chi connectivity index (χ2n) is 4.22. The number of nitrogens with one attached hydrogen (secondary N) is 4. The van der Waals surface area contributed by atoms with E-state index in [2.05, 4.69) is 31.4 Å². The lowest BCUT2D eigenvalue weighted by atomic mass is 10.1. The van der Waals surface area contributed by atoms with E-state index in [-0.39, 0.29) is 18.1 Å². The lowest BCUT2D eigenvalue weighted by molar-refractivity contribution is 0.247. The Hall–Kier alpha value is -1.28. The molecular formula is C9H14N6OS. The maximum absolute atomic E-state index is 11.2. The van der Waals surface area contributed by atoms with Gasteiger partial charge in [0.25, 0.3) is 0 Å². The highest BCUT2D eigenvalue weighted by Crippen LogP contribution is 2.29. The molecule has 0 bridgehead atoms. The van der Waals surface area contributed by atoms with E-state index < -0.39 is 0 Å². The molecule has 7 nitrogen and oxygen atoms in total. The standard InChI is InChI=1S/C9H14N6OS/c16-9-12-6-4-17-7(8(6)13-9)3-10-1-5-2-11-15-14-5/h2,6-8,10H,1,3-4H2,(H,11,14,15)(H2,12,13,16)/t6-,7-,8-/m0/s1. The Labute approximate surface area is 102 Å². The van der Waals surface area contributed by atoms with Crippen molar-refractivity contribution < 1.29 is 4.79 Å². The SMILES string of the molecule is O=C1N[C@H]2[C@H](CS[C@H]2CNCc2c[nH]nn2)N1. The highest BCUT2D eigenvalue weighted by atomic mass is 32.2. The molecule has 3 rings (SSSR count). The average molecular weight is 254 g/mol. The Balaban J connectivity index is 1.48. The van der Waals surface area contributed by atoms with E-state index >= 15 is 0 Å². The van der Waals surface area contributed by atoms with Crippen molar-refractivity contribution in [2.24, 2.45) is 0 Å². The summed E-state index contributed by atoms with van der Waals surface area (Å²) in [5.41, 5.74) is 0.901. The molecule has 1 aromatic rings. The van der Waals surface area contributed by atoms with Gasteiger partial charge in [-0.2, -0.15) is 11.8 Å². The molecule has 0 spiro atoms. The molecule has 2 aliphatic rings. The Morgan fingerprint density at radius 2 is 2.47 bits per heavy atom. The molecule has 2 saturated heterocycles. The summed E-state index contributed by atoms with van der Waals surface area (Å²) in [5, 5.41) is 19.9. The molecule has 0 aliphatic carbocycles. The molecule has 1 aromatic heterocycles. The third kappa shape index (κ3) is 2.22. The van der Waals surface area contributed by atoms with Crippen LogP contribution < -0.4 is 16.0 Å². The predicted octanol–water partition coefficient (Wildman–Crippen LogP) is -0.940. The lowest BCUT2D eigenvalue weighted by Crippen LogP contribution is -2.41. The number of aromatic amines is 1. The Morgan fingerprint density at radius 3 is 3.29 bits per heavy atom. The molecule has 4 N–H and O–H groups in total. The van der Waals surface area contributed by atoms with Gasteiger partial charge in [-0.1, -0.05) is 5.21 Å². The second kappa shape index (κ2) is 4.53. The summed E-state index contributed by atoms with van der Waals surface area (Å²) in [6, 6.07) is 0.491. The molecule has 0 radical (unpaired) electrons. The minimum atomic E-state index is -0.0400. The molecule has 2 fully saturated rings. The second-order valence-corrected chi connectivity index (χ2v) is 5.49. The average Bonchev–Trinajstić information content (AvgIpc) is 2.97. The summed E-state index contributed by atoms with van der Waals surface area (Å²) in [6.07, 6.45) is 1.77. The van der Waals surface area contributed by atoms with E-state index in [0.29, 0.717) is 11.8 Å². The number of thioether (sulfide) groups is 1. The van der Waals surface area contributed by atoms with Crippen LogP contribution in [0.2, 0.25) is 0 Å². The summed E-state index contributed by atoms with van der Waals surface area (Å²) >= 11 is 1.89. The minimum absolute atomic E-state index is 0.0400. The zero-order valence-electron chi connectivity index (χ0n) is 9.14. The number of hydrogen-bond acceptors (Lipinski definition) is 5. The summed E-state index contributed by atoms with van der Waals surface area (Å²) < 4.78 is 0. The van der Waals surface area contributed by atoms with Gasteiger partial charge in [0.2, 0.25) is 0 Å². The van der Waals surface area contributed by atoms with Crippen LogP contribution >= 0.6 is 11.8 Å². The van der Waals surface area contributed by atoms with Gasteiger partial charge in [-0.25, -0.2) is 4.79 Å². The Kier molecular flexibility index (Phi) is 2.89. The first-order valence-electron chi connectivity index (χ1n) is 5.57. The first-order valence-corrected chi connectivity index (χ1v) is 6.62. The van der Waals surface area contributed by atoms with E-state index in [1.807, 2.05) is 11.8 Å². The number of hydrogen-bond donors (Lipinski definition) is 4. The maximum atomic E-state index is 11.2. The highest BCUT2D eigenvalue weighted by molar-refractivity contribution is 8.00. The Morgan fingerprint density at radius 1 is 1.53 bits per heavy atom. The van der Waals surface area contributed by atoms with Crippen LogP contribution in [-0.4, -0.2) is 51.1 Å². The van der Waals surface area contributed by atoms with E-state index in [0.717, 1.165) is 18.0 Å². The van der Waals surface area contributed by atoms with Crippen molar-refractivity contribution in [3.05, 3.63) is 11.9 Å². The van der Waals surface area contributed by atoms with Crippen molar-refractivity contribution in [3.8, 4) is 0 Å². The molecule has 0 unspecified atom stereocenters. The molecular weight excluding hydrogens is 240 g/mol. The molecule has 3 heterocycles. The summed E-state index contributed by atoms with van der Waals surface area (Å²) in [6.45, 7) is 1.56. The fourth-order valence-electron chi connectivity index (χ4n) is 2.22. The van der Waals surface area contributed by atoms with Crippen LogP contribution in [0.4, 0.5) is 4.79 Å². The quantitative estimate of drug-likeness (QED) is 0.520. The van der Waals surface area contributed by atoms with Crippen molar-refractivity contribution >= 4 is 17.8 Å². The topological polar surface area (TPSA) is 94.7 Å². The molecule has 2 aliphatic heterocycles. The van der Waals surface area contributed by atoms with E-state index in [9.17, 15) is 4.79 Å². The van der Waals surface area contributed by atoms with Crippen molar-refractivity contribution in [2.75, 3.05) is 12.3 Å². The summed E-state index contributed by atoms with van der Waals surface area (Å²) in [5.74, 6) is 0.986. The van der Waals surface area contributed by atoms with Crippen LogP contribution in [0.25, 0.3) is 0 Å². The number of H-pyrrole nitrogens is 1. The number of nitrogens with zero attached hydrogens (tertiary/aromatic N) is 2. The van der Waals surface area contributed by atoms with Gasteiger partial charge in [-0.05, 0) is 0 Å². The summed E-state index contributed by atoms with van der Waals surface area (Å²) in [4.78, 5) is 11.2. The zero-order chi connectivity index (χ0) is 11.7. The van der Waals surface area contributed by atoms with E-state index in [1.54, 1.807) is 6.20 Å². The van der Waals surface area contributed by atoms with Crippen LogP contribution in [-0.2, 0) is 6.54 Å². The van der Waals surface area contributed by atoms with Crippen molar-refractivity contribution in [3.63, 3.8) is 0 Å². The van der Waals surface area contributed by atoms with Gasteiger partial charge in [-0.15, -0.1) is 5.10 Å². The van der Waals surface area contributed by atoms with Crippen LogP contribution in [0.5, 0.6) is 0 Å². The minimum Gasteiger partial charge on any atom is -0.332 e. The third-order valence-corrected chi connectivity index (χ3v) is 4.50. The molecule has 17 heavy (non-hydrogen) atoms. The molecule has 2 amide bonds. The molecule has 8 heteroatoms. The van der Waals surface area contributed by atoms with Gasteiger partial charge < -0.3 is 16.0 Å².